The van der Waals surface area contributed by atoms with E-state index in [1.54, 1.807) is 0 Å². The first kappa shape index (κ1) is 15.4. The maximum atomic E-state index is 12.9. The van der Waals surface area contributed by atoms with Crippen molar-refractivity contribution in [3.63, 3.8) is 0 Å². The second-order valence-corrected chi connectivity index (χ2v) is 6.72. The van der Waals surface area contributed by atoms with Gasteiger partial charge in [0.1, 0.15) is 11.1 Å². The molecule has 0 amide bonds. The zero-order valence-corrected chi connectivity index (χ0v) is 12.2. The molecule has 1 aromatic rings. The van der Waals surface area contributed by atoms with Crippen LogP contribution >= 0.6 is 35.4 Å². The molecule has 9 heteroatoms. The van der Waals surface area contributed by atoms with Crippen molar-refractivity contribution in [1.82, 2.24) is 0 Å². The zero-order valence-electron chi connectivity index (χ0n) is 9.08. The van der Waals surface area contributed by atoms with Crippen LogP contribution in [0.4, 0.5) is 10.1 Å². The largest absolute Gasteiger partial charge is 0.392 e. The highest BCUT2D eigenvalue weighted by Gasteiger charge is 2.25. The molecule has 1 aromatic carbocycles. The molecule has 3 N–H and O–H groups in total. The van der Waals surface area contributed by atoms with Gasteiger partial charge in [-0.3, -0.25) is 4.72 Å². The van der Waals surface area contributed by atoms with Gasteiger partial charge in [-0.05, 0) is 19.1 Å². The van der Waals surface area contributed by atoms with Gasteiger partial charge >= 0.3 is 0 Å². The molecule has 0 aliphatic heterocycles. The summed E-state index contributed by atoms with van der Waals surface area (Å²) < 4.78 is 38.8. The van der Waals surface area contributed by atoms with Crippen LogP contribution in [0.2, 0.25) is 10.0 Å². The first-order valence-electron chi connectivity index (χ1n) is 4.60. The highest BCUT2D eigenvalue weighted by Crippen LogP contribution is 2.32. The molecule has 0 saturated heterocycles. The molecule has 0 aromatic heterocycles. The summed E-state index contributed by atoms with van der Waals surface area (Å²) in [5, 5.41) is -1.41. The van der Waals surface area contributed by atoms with Crippen molar-refractivity contribution in [2.24, 2.45) is 5.73 Å². The van der Waals surface area contributed by atoms with Crippen molar-refractivity contribution in [3.05, 3.63) is 28.0 Å². The van der Waals surface area contributed by atoms with E-state index < -0.39 is 21.1 Å². The van der Waals surface area contributed by atoms with Gasteiger partial charge in [0, 0.05) is 0 Å². The summed E-state index contributed by atoms with van der Waals surface area (Å²) in [4.78, 5) is -0.197. The lowest BCUT2D eigenvalue weighted by Gasteiger charge is -2.15. The summed E-state index contributed by atoms with van der Waals surface area (Å²) in [5.41, 5.74) is 5.15. The predicted octanol–water partition coefficient (Wildman–Crippen LogP) is 2.55. The average molecular weight is 331 g/mol. The van der Waals surface area contributed by atoms with Crippen LogP contribution in [0, 0.1) is 5.82 Å². The van der Waals surface area contributed by atoms with Crippen LogP contribution in [-0.4, -0.2) is 18.7 Å². The minimum Gasteiger partial charge on any atom is -0.392 e. The molecule has 0 aliphatic rings. The fourth-order valence-corrected chi connectivity index (χ4v) is 3.06. The molecule has 1 rings (SSSR count). The Morgan fingerprint density at radius 1 is 1.44 bits per heavy atom. The average Bonchev–Trinajstić information content (AvgIpc) is 2.22. The summed E-state index contributed by atoms with van der Waals surface area (Å²) in [6.45, 7) is 1.32. The molecule has 0 aliphatic carbocycles. The quantitative estimate of drug-likeness (QED) is 0.832. The number of sulfonamides is 1. The number of rotatable bonds is 4. The summed E-state index contributed by atoms with van der Waals surface area (Å²) >= 11 is 16.0. The highest BCUT2D eigenvalue weighted by molar-refractivity contribution is 7.95. The molecule has 18 heavy (non-hydrogen) atoms. The Labute approximate surface area is 119 Å². The van der Waals surface area contributed by atoms with E-state index in [4.69, 9.17) is 28.9 Å². The van der Waals surface area contributed by atoms with Crippen molar-refractivity contribution in [1.29, 1.82) is 0 Å². The Kier molecular flexibility index (Phi) is 4.77. The second-order valence-electron chi connectivity index (χ2n) is 3.44. The Morgan fingerprint density at radius 3 is 2.28 bits per heavy atom. The Hall–Kier alpha value is -0.630. The van der Waals surface area contributed by atoms with E-state index in [2.05, 4.69) is 16.9 Å². The molecular formula is C9H9Cl2FN2O2S2. The molecule has 0 fully saturated rings. The third-order valence-corrected chi connectivity index (χ3v) is 4.89. The smallest absolute Gasteiger partial charge is 0.241 e. The van der Waals surface area contributed by atoms with E-state index in [-0.39, 0.29) is 20.7 Å². The molecule has 4 nitrogen and oxygen atoms in total. The Morgan fingerprint density at radius 2 is 1.89 bits per heavy atom. The van der Waals surface area contributed by atoms with Gasteiger partial charge in [-0.15, -0.1) is 0 Å². The SMILES string of the molecule is CC(C(N)=S)S(=O)(=O)Nc1c(Cl)cc(F)cc1Cl. The van der Waals surface area contributed by atoms with Crippen LogP contribution in [0.1, 0.15) is 6.92 Å². The van der Waals surface area contributed by atoms with Gasteiger partial charge in [-0.2, -0.15) is 0 Å². The first-order chi connectivity index (χ1) is 8.15. The van der Waals surface area contributed by atoms with E-state index in [1.165, 1.54) is 6.92 Å². The summed E-state index contributed by atoms with van der Waals surface area (Å²) in [6, 6.07) is 1.88. The van der Waals surface area contributed by atoms with Crippen LogP contribution in [0.25, 0.3) is 0 Å². The van der Waals surface area contributed by atoms with E-state index in [1.807, 2.05) is 0 Å². The number of thiocarbonyl (C=S) groups is 1. The molecule has 0 bridgehead atoms. The Balaban J connectivity index is 3.17. The normalized spacial score (nSPS) is 13.1. The molecule has 100 valence electrons. The van der Waals surface area contributed by atoms with Crippen molar-refractivity contribution in [2.45, 2.75) is 12.2 Å². The van der Waals surface area contributed by atoms with E-state index in [0.29, 0.717) is 0 Å². The topological polar surface area (TPSA) is 72.2 Å². The number of benzene rings is 1. The number of anilines is 1. The molecule has 0 heterocycles. The van der Waals surface area contributed by atoms with Gasteiger partial charge in [0.2, 0.25) is 10.0 Å². The fourth-order valence-electron chi connectivity index (χ4n) is 1.02. The third-order valence-electron chi connectivity index (χ3n) is 2.12. The van der Waals surface area contributed by atoms with Gasteiger partial charge in [-0.25, -0.2) is 12.8 Å². The summed E-state index contributed by atoms with van der Waals surface area (Å²) in [5.74, 6) is -0.671. The molecule has 0 spiro atoms. The lowest BCUT2D eigenvalue weighted by molar-refractivity contribution is 0.598. The molecule has 1 unspecified atom stereocenters. The second kappa shape index (κ2) is 5.56. The summed E-state index contributed by atoms with van der Waals surface area (Å²) in [7, 11) is -3.88. The number of hydrogen-bond donors (Lipinski definition) is 2. The third kappa shape index (κ3) is 3.44. The summed E-state index contributed by atoms with van der Waals surface area (Å²) in [6.07, 6.45) is 0. The Bertz CT molecular complexity index is 569. The molecular weight excluding hydrogens is 322 g/mol. The number of hydrogen-bond acceptors (Lipinski definition) is 3. The minimum absolute atomic E-state index is 0.108. The number of nitrogens with one attached hydrogen (secondary N) is 1. The molecule has 0 radical (unpaired) electrons. The van der Waals surface area contributed by atoms with Crippen molar-refractivity contribution in [3.8, 4) is 0 Å². The zero-order chi connectivity index (χ0) is 14.1. The van der Waals surface area contributed by atoms with Crippen LogP contribution in [0.3, 0.4) is 0 Å². The van der Waals surface area contributed by atoms with Crippen LogP contribution in [0.15, 0.2) is 12.1 Å². The van der Waals surface area contributed by atoms with Crippen molar-refractivity contribution < 1.29 is 12.8 Å². The van der Waals surface area contributed by atoms with Gasteiger partial charge in [0.25, 0.3) is 0 Å². The van der Waals surface area contributed by atoms with Gasteiger partial charge < -0.3 is 5.73 Å². The lowest BCUT2D eigenvalue weighted by atomic mass is 10.3. The van der Waals surface area contributed by atoms with Crippen LogP contribution < -0.4 is 10.5 Å². The number of halogens is 3. The van der Waals surface area contributed by atoms with E-state index in [0.717, 1.165) is 12.1 Å². The van der Waals surface area contributed by atoms with Gasteiger partial charge in [-0.1, -0.05) is 35.4 Å². The van der Waals surface area contributed by atoms with Gasteiger partial charge in [0.05, 0.1) is 20.7 Å². The van der Waals surface area contributed by atoms with Gasteiger partial charge in [0.15, 0.2) is 0 Å². The molecule has 0 saturated carbocycles. The minimum atomic E-state index is -3.88. The molecule has 1 atom stereocenters. The highest BCUT2D eigenvalue weighted by atomic mass is 35.5. The van der Waals surface area contributed by atoms with Crippen LogP contribution in [-0.2, 0) is 10.0 Å². The number of nitrogens with two attached hydrogens (primary N) is 1. The maximum Gasteiger partial charge on any atom is 0.241 e. The maximum absolute atomic E-state index is 12.9. The van der Waals surface area contributed by atoms with Crippen LogP contribution in [0.5, 0.6) is 0 Å². The predicted molar refractivity (Wildman–Crippen MR) is 75.2 cm³/mol. The van der Waals surface area contributed by atoms with E-state index >= 15 is 0 Å². The van der Waals surface area contributed by atoms with Crippen molar-refractivity contribution >= 4 is 56.1 Å². The van der Waals surface area contributed by atoms with E-state index in [9.17, 15) is 12.8 Å². The first-order valence-corrected chi connectivity index (χ1v) is 7.31. The fraction of sp³-hybridized carbons (Fsp3) is 0.222. The standard InChI is InChI=1S/C9H9Cl2FN2O2S2/c1-4(9(13)17)18(15,16)14-8-6(10)2-5(12)3-7(8)11/h2-4,14H,1H3,(H2,13,17). The monoisotopic (exact) mass is 330 g/mol. The van der Waals surface area contributed by atoms with Crippen molar-refractivity contribution in [2.75, 3.05) is 4.72 Å². The lowest BCUT2D eigenvalue weighted by Crippen LogP contribution is -2.35.